The average molecular weight is 309 g/mol. The summed E-state index contributed by atoms with van der Waals surface area (Å²) in [5, 5.41) is 0. The fourth-order valence-corrected chi connectivity index (χ4v) is 2.65. The summed E-state index contributed by atoms with van der Waals surface area (Å²) in [6.45, 7) is 0. The molecule has 23 heavy (non-hydrogen) atoms. The summed E-state index contributed by atoms with van der Waals surface area (Å²) in [4.78, 5) is 36.6. The minimum Gasteiger partial charge on any atom is -0.454 e. The van der Waals surface area contributed by atoms with Gasteiger partial charge < -0.3 is 10.5 Å². The molecule has 1 aliphatic heterocycles. The second kappa shape index (κ2) is 6.04. The Labute approximate surface area is 133 Å². The molecule has 2 aromatic rings. The Balaban J connectivity index is 2.02. The first-order valence-corrected chi connectivity index (χ1v) is 7.30. The van der Waals surface area contributed by atoms with Crippen LogP contribution < -0.4 is 5.73 Å². The smallest absolute Gasteiger partial charge is 0.306 e. The van der Waals surface area contributed by atoms with Crippen LogP contribution in [0.4, 0.5) is 5.69 Å². The summed E-state index contributed by atoms with van der Waals surface area (Å²) in [5.41, 5.74) is 6.96. The average Bonchev–Trinajstić information content (AvgIpc) is 3.00. The standard InChI is InChI=1S/C18H15NO4/c19-13-8-4-7-12(17(21)11-5-2-1-3-6-11)16(13)18(22)14-9-10-15(20)23-14/h1-8,14H,9-10,19H2. The van der Waals surface area contributed by atoms with Crippen LogP contribution in [0.5, 0.6) is 0 Å². The van der Waals surface area contributed by atoms with Crippen molar-refractivity contribution in [1.29, 1.82) is 0 Å². The molecule has 0 amide bonds. The van der Waals surface area contributed by atoms with E-state index in [0.717, 1.165) is 0 Å². The number of cyclic esters (lactones) is 1. The number of nitrogens with two attached hydrogens (primary N) is 1. The Hall–Kier alpha value is -2.95. The molecule has 1 unspecified atom stereocenters. The molecule has 116 valence electrons. The van der Waals surface area contributed by atoms with E-state index in [-0.39, 0.29) is 29.0 Å². The summed E-state index contributed by atoms with van der Waals surface area (Å²) >= 11 is 0. The van der Waals surface area contributed by atoms with Gasteiger partial charge in [-0.15, -0.1) is 0 Å². The lowest BCUT2D eigenvalue weighted by molar-refractivity contribution is -0.140. The number of esters is 1. The lowest BCUT2D eigenvalue weighted by Gasteiger charge is -2.14. The zero-order valence-electron chi connectivity index (χ0n) is 12.3. The monoisotopic (exact) mass is 309 g/mol. The number of hydrogen-bond donors (Lipinski definition) is 1. The van der Waals surface area contributed by atoms with Crippen molar-refractivity contribution in [2.24, 2.45) is 0 Å². The van der Waals surface area contributed by atoms with Crippen LogP contribution in [0.25, 0.3) is 0 Å². The third-order valence-corrected chi connectivity index (χ3v) is 3.80. The zero-order valence-corrected chi connectivity index (χ0v) is 12.3. The number of rotatable bonds is 4. The van der Waals surface area contributed by atoms with Gasteiger partial charge in [-0.25, -0.2) is 0 Å². The predicted octanol–water partition coefficient (Wildman–Crippen LogP) is 2.39. The van der Waals surface area contributed by atoms with E-state index in [0.29, 0.717) is 12.0 Å². The number of carbonyl (C=O) groups is 3. The summed E-state index contributed by atoms with van der Waals surface area (Å²) in [7, 11) is 0. The molecule has 1 aliphatic rings. The van der Waals surface area contributed by atoms with Crippen molar-refractivity contribution in [3.05, 3.63) is 65.2 Å². The molecular weight excluding hydrogens is 294 g/mol. The maximum Gasteiger partial charge on any atom is 0.306 e. The van der Waals surface area contributed by atoms with Crippen LogP contribution in [0, 0.1) is 0 Å². The molecule has 5 heteroatoms. The third kappa shape index (κ3) is 2.85. The number of hydrogen-bond acceptors (Lipinski definition) is 5. The number of ketones is 2. The van der Waals surface area contributed by atoms with E-state index < -0.39 is 17.9 Å². The number of anilines is 1. The highest BCUT2D eigenvalue weighted by molar-refractivity contribution is 6.18. The number of nitrogen functional groups attached to an aromatic ring is 1. The van der Waals surface area contributed by atoms with Crippen LogP contribution >= 0.6 is 0 Å². The maximum atomic E-state index is 12.7. The van der Waals surface area contributed by atoms with E-state index >= 15 is 0 Å². The first-order chi connectivity index (χ1) is 11.1. The second-order valence-corrected chi connectivity index (χ2v) is 5.35. The molecule has 0 aromatic heterocycles. The van der Waals surface area contributed by atoms with E-state index in [1.54, 1.807) is 48.5 Å². The summed E-state index contributed by atoms with van der Waals surface area (Å²) in [6.07, 6.45) is -0.356. The molecule has 1 heterocycles. The van der Waals surface area contributed by atoms with E-state index in [2.05, 4.69) is 0 Å². The third-order valence-electron chi connectivity index (χ3n) is 3.80. The highest BCUT2D eigenvalue weighted by Crippen LogP contribution is 2.26. The van der Waals surface area contributed by atoms with Gasteiger partial charge in [0.2, 0.25) is 5.78 Å². The number of benzene rings is 2. The van der Waals surface area contributed by atoms with E-state index in [1.807, 2.05) is 0 Å². The Bertz CT molecular complexity index is 783. The Kier molecular flexibility index (Phi) is 3.93. The molecule has 2 N–H and O–H groups in total. The minimum atomic E-state index is -0.866. The lowest BCUT2D eigenvalue weighted by Crippen LogP contribution is -2.24. The molecule has 5 nitrogen and oxygen atoms in total. The van der Waals surface area contributed by atoms with Crippen molar-refractivity contribution in [3.8, 4) is 0 Å². The van der Waals surface area contributed by atoms with Gasteiger partial charge in [-0.2, -0.15) is 0 Å². The lowest BCUT2D eigenvalue weighted by atomic mass is 9.92. The van der Waals surface area contributed by atoms with Crippen molar-refractivity contribution in [2.75, 3.05) is 5.73 Å². The van der Waals surface area contributed by atoms with Crippen LogP contribution in [-0.2, 0) is 9.53 Å². The van der Waals surface area contributed by atoms with Gasteiger partial charge >= 0.3 is 5.97 Å². The van der Waals surface area contributed by atoms with Gasteiger partial charge in [0, 0.05) is 29.7 Å². The van der Waals surface area contributed by atoms with Gasteiger partial charge in [0.05, 0.1) is 5.56 Å². The SMILES string of the molecule is Nc1cccc(C(=O)c2ccccc2)c1C(=O)C1CCC(=O)O1. The second-order valence-electron chi connectivity index (χ2n) is 5.35. The topological polar surface area (TPSA) is 86.5 Å². The molecule has 0 radical (unpaired) electrons. The minimum absolute atomic E-state index is 0.126. The van der Waals surface area contributed by atoms with Crippen molar-refractivity contribution in [1.82, 2.24) is 0 Å². The Morgan fingerprint density at radius 2 is 1.78 bits per heavy atom. The highest BCUT2D eigenvalue weighted by Gasteiger charge is 2.33. The number of ether oxygens (including phenoxy) is 1. The van der Waals surface area contributed by atoms with Crippen LogP contribution in [0.15, 0.2) is 48.5 Å². The molecule has 2 aromatic carbocycles. The molecule has 1 fully saturated rings. The molecule has 1 saturated heterocycles. The fraction of sp³-hybridized carbons (Fsp3) is 0.167. The maximum absolute atomic E-state index is 12.7. The Morgan fingerprint density at radius 3 is 2.43 bits per heavy atom. The fourth-order valence-electron chi connectivity index (χ4n) is 2.65. The molecule has 1 atom stereocenters. The molecular formula is C18H15NO4. The Morgan fingerprint density at radius 1 is 1.04 bits per heavy atom. The van der Waals surface area contributed by atoms with Crippen LogP contribution in [0.3, 0.4) is 0 Å². The van der Waals surface area contributed by atoms with Gasteiger partial charge in [0.25, 0.3) is 0 Å². The van der Waals surface area contributed by atoms with Crippen molar-refractivity contribution in [2.45, 2.75) is 18.9 Å². The normalized spacial score (nSPS) is 16.9. The largest absolute Gasteiger partial charge is 0.454 e. The summed E-state index contributed by atoms with van der Waals surface area (Å²) in [6, 6.07) is 13.4. The van der Waals surface area contributed by atoms with Gasteiger partial charge in [-0.3, -0.25) is 14.4 Å². The summed E-state index contributed by atoms with van der Waals surface area (Å²) in [5.74, 6) is -1.12. The predicted molar refractivity (Wildman–Crippen MR) is 84.2 cm³/mol. The van der Waals surface area contributed by atoms with Gasteiger partial charge in [0.1, 0.15) is 0 Å². The van der Waals surface area contributed by atoms with Crippen molar-refractivity contribution >= 4 is 23.2 Å². The van der Waals surface area contributed by atoms with Crippen molar-refractivity contribution in [3.63, 3.8) is 0 Å². The molecule has 3 rings (SSSR count). The number of carbonyl (C=O) groups excluding carboxylic acids is 3. The molecule has 0 bridgehead atoms. The van der Waals surface area contributed by atoms with E-state index in [1.165, 1.54) is 0 Å². The van der Waals surface area contributed by atoms with Crippen LogP contribution in [0.1, 0.15) is 39.1 Å². The first-order valence-electron chi connectivity index (χ1n) is 7.30. The molecule has 0 aliphatic carbocycles. The van der Waals surface area contributed by atoms with Crippen LogP contribution in [0.2, 0.25) is 0 Å². The number of Topliss-reactive ketones (excluding diaryl/α,β-unsaturated/α-hetero) is 1. The van der Waals surface area contributed by atoms with Crippen LogP contribution in [-0.4, -0.2) is 23.6 Å². The quantitative estimate of drug-likeness (QED) is 0.532. The van der Waals surface area contributed by atoms with Crippen molar-refractivity contribution < 1.29 is 19.1 Å². The zero-order chi connectivity index (χ0) is 16.4. The van der Waals surface area contributed by atoms with Gasteiger partial charge in [-0.1, -0.05) is 42.5 Å². The van der Waals surface area contributed by atoms with Gasteiger partial charge in [0.15, 0.2) is 11.9 Å². The first kappa shape index (κ1) is 15.0. The van der Waals surface area contributed by atoms with E-state index in [9.17, 15) is 14.4 Å². The summed E-state index contributed by atoms with van der Waals surface area (Å²) < 4.78 is 5.02. The molecule has 0 spiro atoms. The van der Waals surface area contributed by atoms with E-state index in [4.69, 9.17) is 10.5 Å². The highest BCUT2D eigenvalue weighted by atomic mass is 16.6. The molecule has 0 saturated carbocycles. The van der Waals surface area contributed by atoms with Gasteiger partial charge in [-0.05, 0) is 6.07 Å².